The summed E-state index contributed by atoms with van der Waals surface area (Å²) in [6, 6.07) is 8.97. The highest BCUT2D eigenvalue weighted by molar-refractivity contribution is 5.96. The number of carbonyl (C=O) groups excluding carboxylic acids is 2. The molecule has 1 atom stereocenters. The lowest BCUT2D eigenvalue weighted by molar-refractivity contribution is -0.385. The van der Waals surface area contributed by atoms with Gasteiger partial charge in [0, 0.05) is 17.2 Å². The van der Waals surface area contributed by atoms with Crippen LogP contribution in [0.1, 0.15) is 22.8 Å². The van der Waals surface area contributed by atoms with E-state index in [1.54, 1.807) is 0 Å². The van der Waals surface area contributed by atoms with Gasteiger partial charge >= 0.3 is 0 Å². The monoisotopic (exact) mass is 361 g/mol. The SMILES string of the molecule is Cc1cc(C(=O)NNC(=O)[C@@H](C)Oc2ccc(F)cc2)ccc1[N+](=O)[O-]. The molecule has 136 valence electrons. The molecule has 2 amide bonds. The Bertz CT molecular complexity index is 839. The largest absolute Gasteiger partial charge is 0.481 e. The van der Waals surface area contributed by atoms with Gasteiger partial charge in [-0.2, -0.15) is 0 Å². The van der Waals surface area contributed by atoms with Crippen LogP contribution in [0.4, 0.5) is 10.1 Å². The quantitative estimate of drug-likeness (QED) is 0.627. The van der Waals surface area contributed by atoms with Crippen LogP contribution >= 0.6 is 0 Å². The number of benzene rings is 2. The van der Waals surface area contributed by atoms with Gasteiger partial charge in [-0.3, -0.25) is 30.6 Å². The molecule has 0 saturated heterocycles. The van der Waals surface area contributed by atoms with Gasteiger partial charge in [-0.05, 0) is 50.2 Å². The lowest BCUT2D eigenvalue weighted by atomic mass is 10.1. The van der Waals surface area contributed by atoms with Gasteiger partial charge in [-0.25, -0.2) is 4.39 Å². The van der Waals surface area contributed by atoms with Gasteiger partial charge in [0.15, 0.2) is 6.10 Å². The summed E-state index contributed by atoms with van der Waals surface area (Å²) in [5.41, 5.74) is 4.77. The summed E-state index contributed by atoms with van der Waals surface area (Å²) in [5, 5.41) is 10.8. The third-order valence-corrected chi connectivity index (χ3v) is 3.45. The summed E-state index contributed by atoms with van der Waals surface area (Å²) < 4.78 is 18.2. The highest BCUT2D eigenvalue weighted by Gasteiger charge is 2.17. The van der Waals surface area contributed by atoms with Crippen LogP contribution in [0.3, 0.4) is 0 Å². The van der Waals surface area contributed by atoms with Crippen molar-refractivity contribution in [3.63, 3.8) is 0 Å². The van der Waals surface area contributed by atoms with Gasteiger partial charge in [-0.15, -0.1) is 0 Å². The molecule has 2 aromatic carbocycles. The first-order chi connectivity index (χ1) is 12.3. The van der Waals surface area contributed by atoms with Gasteiger partial charge in [0.25, 0.3) is 17.5 Å². The summed E-state index contributed by atoms with van der Waals surface area (Å²) in [4.78, 5) is 34.2. The van der Waals surface area contributed by atoms with Gasteiger partial charge in [0.05, 0.1) is 4.92 Å². The molecule has 0 bridgehead atoms. The number of nitrogens with one attached hydrogen (secondary N) is 2. The molecule has 2 aromatic rings. The number of hydrazine groups is 1. The standard InChI is InChI=1S/C17H16FN3O5/c1-10-9-12(3-8-15(10)21(24)25)17(23)20-19-16(22)11(2)26-14-6-4-13(18)5-7-14/h3-9,11H,1-2H3,(H,19,22)(H,20,23)/t11-/m1/s1. The molecule has 2 rings (SSSR count). The highest BCUT2D eigenvalue weighted by Crippen LogP contribution is 2.18. The third kappa shape index (κ3) is 4.76. The van der Waals surface area contributed by atoms with Crippen LogP contribution in [0.2, 0.25) is 0 Å². The molecular formula is C17H16FN3O5. The Morgan fingerprint density at radius 3 is 2.38 bits per heavy atom. The summed E-state index contributed by atoms with van der Waals surface area (Å²) >= 11 is 0. The smallest absolute Gasteiger partial charge is 0.279 e. The van der Waals surface area contributed by atoms with Crippen molar-refractivity contribution in [2.75, 3.05) is 0 Å². The van der Waals surface area contributed by atoms with Crippen molar-refractivity contribution in [3.05, 3.63) is 69.5 Å². The summed E-state index contributed by atoms with van der Waals surface area (Å²) in [6.07, 6.45) is -0.945. The minimum absolute atomic E-state index is 0.105. The normalized spacial score (nSPS) is 11.3. The van der Waals surface area contributed by atoms with Crippen LogP contribution in [0.25, 0.3) is 0 Å². The van der Waals surface area contributed by atoms with Crippen molar-refractivity contribution in [3.8, 4) is 5.75 Å². The van der Waals surface area contributed by atoms with Crippen LogP contribution in [0.5, 0.6) is 5.75 Å². The number of ether oxygens (including phenoxy) is 1. The maximum absolute atomic E-state index is 12.8. The van der Waals surface area contributed by atoms with E-state index in [-0.39, 0.29) is 11.3 Å². The van der Waals surface area contributed by atoms with Crippen LogP contribution in [-0.4, -0.2) is 22.8 Å². The number of nitro benzene ring substituents is 1. The zero-order valence-corrected chi connectivity index (χ0v) is 14.0. The van der Waals surface area contributed by atoms with Gasteiger partial charge in [0.2, 0.25) is 0 Å². The average Bonchev–Trinajstić information content (AvgIpc) is 2.60. The minimum atomic E-state index is -0.945. The summed E-state index contributed by atoms with van der Waals surface area (Å²) in [7, 11) is 0. The number of hydrogen-bond donors (Lipinski definition) is 2. The molecule has 26 heavy (non-hydrogen) atoms. The molecule has 0 heterocycles. The number of hydrogen-bond acceptors (Lipinski definition) is 5. The number of rotatable bonds is 5. The van der Waals surface area contributed by atoms with E-state index in [0.29, 0.717) is 11.3 Å². The molecular weight excluding hydrogens is 345 g/mol. The topological polar surface area (TPSA) is 111 Å². The van der Waals surface area contributed by atoms with E-state index in [0.717, 1.165) is 0 Å². The molecule has 0 saturated carbocycles. The first-order valence-corrected chi connectivity index (χ1v) is 7.55. The number of amides is 2. The van der Waals surface area contributed by atoms with Crippen molar-refractivity contribution in [2.45, 2.75) is 20.0 Å². The second-order valence-corrected chi connectivity index (χ2v) is 5.42. The van der Waals surface area contributed by atoms with Crippen LogP contribution in [-0.2, 0) is 4.79 Å². The zero-order chi connectivity index (χ0) is 19.3. The van der Waals surface area contributed by atoms with Crippen LogP contribution in [0, 0.1) is 22.9 Å². The first kappa shape index (κ1) is 18.8. The molecule has 0 aliphatic carbocycles. The number of aryl methyl sites for hydroxylation is 1. The van der Waals surface area contributed by atoms with Crippen molar-refractivity contribution < 1.29 is 23.6 Å². The van der Waals surface area contributed by atoms with Crippen molar-refractivity contribution in [1.29, 1.82) is 0 Å². The zero-order valence-electron chi connectivity index (χ0n) is 14.0. The summed E-state index contributed by atoms with van der Waals surface area (Å²) in [6.45, 7) is 2.97. The second-order valence-electron chi connectivity index (χ2n) is 5.42. The lowest BCUT2D eigenvalue weighted by Crippen LogP contribution is -2.47. The molecule has 0 aliphatic rings. The molecule has 0 aromatic heterocycles. The van der Waals surface area contributed by atoms with Crippen LogP contribution in [0.15, 0.2) is 42.5 Å². The molecule has 2 N–H and O–H groups in total. The Labute approximate surface area is 148 Å². The number of nitrogens with zero attached hydrogens (tertiary/aromatic N) is 1. The van der Waals surface area contributed by atoms with Crippen molar-refractivity contribution in [1.82, 2.24) is 10.9 Å². The number of carbonyl (C=O) groups is 2. The molecule has 0 radical (unpaired) electrons. The summed E-state index contributed by atoms with van der Waals surface area (Å²) in [5.74, 6) is -1.39. The van der Waals surface area contributed by atoms with E-state index in [1.165, 1.54) is 56.3 Å². The van der Waals surface area contributed by atoms with Crippen molar-refractivity contribution >= 4 is 17.5 Å². The fraction of sp³-hybridized carbons (Fsp3) is 0.176. The number of halogens is 1. The Balaban J connectivity index is 1.91. The molecule has 9 heteroatoms. The predicted molar refractivity (Wildman–Crippen MR) is 89.9 cm³/mol. The molecule has 0 unspecified atom stereocenters. The maximum atomic E-state index is 12.8. The Kier molecular flexibility index (Phi) is 5.84. The Morgan fingerprint density at radius 1 is 1.15 bits per heavy atom. The van der Waals surface area contributed by atoms with Gasteiger partial charge in [0.1, 0.15) is 11.6 Å². The van der Waals surface area contributed by atoms with E-state index in [9.17, 15) is 24.1 Å². The molecule has 0 spiro atoms. The first-order valence-electron chi connectivity index (χ1n) is 7.55. The fourth-order valence-corrected chi connectivity index (χ4v) is 2.06. The highest BCUT2D eigenvalue weighted by atomic mass is 19.1. The Morgan fingerprint density at radius 2 is 1.81 bits per heavy atom. The molecule has 8 nitrogen and oxygen atoms in total. The third-order valence-electron chi connectivity index (χ3n) is 3.45. The lowest BCUT2D eigenvalue weighted by Gasteiger charge is -2.15. The molecule has 0 aliphatic heterocycles. The van der Waals surface area contributed by atoms with E-state index in [4.69, 9.17) is 4.74 Å². The van der Waals surface area contributed by atoms with E-state index in [2.05, 4.69) is 10.9 Å². The van der Waals surface area contributed by atoms with E-state index in [1.807, 2.05) is 0 Å². The van der Waals surface area contributed by atoms with Crippen molar-refractivity contribution in [2.24, 2.45) is 0 Å². The van der Waals surface area contributed by atoms with Gasteiger partial charge in [-0.1, -0.05) is 0 Å². The van der Waals surface area contributed by atoms with E-state index < -0.39 is 28.7 Å². The van der Waals surface area contributed by atoms with Gasteiger partial charge < -0.3 is 4.74 Å². The van der Waals surface area contributed by atoms with E-state index >= 15 is 0 Å². The Hall–Kier alpha value is -3.49. The number of nitro groups is 1. The minimum Gasteiger partial charge on any atom is -0.481 e. The average molecular weight is 361 g/mol. The second kappa shape index (κ2) is 8.06. The molecule has 0 fully saturated rings. The maximum Gasteiger partial charge on any atom is 0.279 e. The van der Waals surface area contributed by atoms with Crippen LogP contribution < -0.4 is 15.6 Å². The fourth-order valence-electron chi connectivity index (χ4n) is 2.06. The predicted octanol–water partition coefficient (Wildman–Crippen LogP) is 2.27.